The molecule has 0 saturated carbocycles. The number of aromatic nitrogens is 1. The smallest absolute Gasteiger partial charge is 0.238 e. The third-order valence-electron chi connectivity index (χ3n) is 9.36. The molecule has 214 valence electrons. The number of rotatable bonds is 4. The Balaban J connectivity index is 1.48. The quantitative estimate of drug-likeness (QED) is 0.225. The lowest BCUT2D eigenvalue weighted by molar-refractivity contribution is -0.121. The largest absolute Gasteiger partial charge is 0.350 e. The molecule has 0 radical (unpaired) electrons. The van der Waals surface area contributed by atoms with Crippen LogP contribution in [0.2, 0.25) is 5.02 Å². The molecule has 4 aromatic carbocycles. The van der Waals surface area contributed by atoms with Gasteiger partial charge in [-0.15, -0.1) is 0 Å². The van der Waals surface area contributed by atoms with Crippen LogP contribution in [0.1, 0.15) is 37.4 Å². The molecule has 1 spiro atoms. The molecule has 4 atom stereocenters. The first-order valence-electron chi connectivity index (χ1n) is 14.6. The number of fused-ring (bicyclic) bond motifs is 8. The van der Waals surface area contributed by atoms with Crippen LogP contribution in [0.15, 0.2) is 109 Å². The number of ketones is 2. The normalized spacial score (nSPS) is 22.9. The number of halogens is 1. The van der Waals surface area contributed by atoms with E-state index in [2.05, 4.69) is 5.32 Å². The summed E-state index contributed by atoms with van der Waals surface area (Å²) in [6.45, 7) is 1.95. The lowest BCUT2D eigenvalue weighted by atomic mass is 9.64. The molecular formula is C37H26ClN3O3. The van der Waals surface area contributed by atoms with Gasteiger partial charge < -0.3 is 10.2 Å². The van der Waals surface area contributed by atoms with E-state index in [0.29, 0.717) is 32.9 Å². The van der Waals surface area contributed by atoms with Crippen molar-refractivity contribution in [1.82, 2.24) is 4.98 Å². The van der Waals surface area contributed by atoms with Gasteiger partial charge in [-0.05, 0) is 42.3 Å². The van der Waals surface area contributed by atoms with Gasteiger partial charge in [0.2, 0.25) is 5.91 Å². The number of amides is 1. The molecule has 8 rings (SSSR count). The Bertz CT molecular complexity index is 2060. The lowest BCUT2D eigenvalue weighted by Crippen LogP contribution is -2.51. The van der Waals surface area contributed by atoms with Gasteiger partial charge in [0.15, 0.2) is 11.6 Å². The Kier molecular flexibility index (Phi) is 5.87. The molecule has 1 amide bonds. The number of Topliss-reactive ketones (excluding diaryl/α,β-unsaturated/α-hetero) is 2. The predicted octanol–water partition coefficient (Wildman–Crippen LogP) is 7.05. The number of hydrogen-bond acceptors (Lipinski definition) is 5. The zero-order valence-electron chi connectivity index (χ0n) is 23.7. The summed E-state index contributed by atoms with van der Waals surface area (Å²) in [5.41, 5.74) is 3.94. The van der Waals surface area contributed by atoms with E-state index < -0.39 is 23.4 Å². The van der Waals surface area contributed by atoms with Crippen molar-refractivity contribution < 1.29 is 14.4 Å². The molecule has 5 aromatic rings. The molecule has 1 saturated heterocycles. The second-order valence-electron chi connectivity index (χ2n) is 11.7. The van der Waals surface area contributed by atoms with Crippen molar-refractivity contribution in [1.29, 1.82) is 0 Å². The second kappa shape index (κ2) is 9.73. The SMILES string of the molecule is Cc1ccc(C(=O)[C@H]2[C@H](C(=O)c3ccccc3)N3c4c(ccc5cccnc45)C=CC3[C@]23C(=O)Nc2ccc(Cl)cc23)cc1. The highest BCUT2D eigenvalue weighted by Crippen LogP contribution is 2.59. The summed E-state index contributed by atoms with van der Waals surface area (Å²) in [4.78, 5) is 51.2. The number of hydrogen-bond donors (Lipinski definition) is 1. The summed E-state index contributed by atoms with van der Waals surface area (Å²) < 4.78 is 0. The minimum Gasteiger partial charge on any atom is -0.350 e. The van der Waals surface area contributed by atoms with E-state index in [-0.39, 0.29) is 17.5 Å². The van der Waals surface area contributed by atoms with Crippen LogP contribution in [0.3, 0.4) is 0 Å². The third-order valence-corrected chi connectivity index (χ3v) is 9.60. The minimum atomic E-state index is -1.46. The predicted molar refractivity (Wildman–Crippen MR) is 172 cm³/mol. The summed E-state index contributed by atoms with van der Waals surface area (Å²) in [6.07, 6.45) is 5.66. The van der Waals surface area contributed by atoms with Crippen LogP contribution in [-0.4, -0.2) is 34.5 Å². The highest BCUT2D eigenvalue weighted by Gasteiger charge is 2.70. The van der Waals surface area contributed by atoms with Crippen LogP contribution in [0, 0.1) is 12.8 Å². The van der Waals surface area contributed by atoms with Crippen LogP contribution < -0.4 is 10.2 Å². The number of carbonyl (C=O) groups excluding carboxylic acids is 3. The Labute approximate surface area is 259 Å². The Morgan fingerprint density at radius 2 is 1.66 bits per heavy atom. The second-order valence-corrected chi connectivity index (χ2v) is 12.1. The summed E-state index contributed by atoms with van der Waals surface area (Å²) in [7, 11) is 0. The Morgan fingerprint density at radius 1 is 0.886 bits per heavy atom. The van der Waals surface area contributed by atoms with Crippen LogP contribution >= 0.6 is 11.6 Å². The molecule has 7 heteroatoms. The highest BCUT2D eigenvalue weighted by atomic mass is 35.5. The fraction of sp³-hybridized carbons (Fsp3) is 0.135. The monoisotopic (exact) mass is 595 g/mol. The number of anilines is 2. The van der Waals surface area contributed by atoms with Crippen molar-refractivity contribution in [3.63, 3.8) is 0 Å². The number of benzene rings is 4. The topological polar surface area (TPSA) is 79.4 Å². The molecule has 44 heavy (non-hydrogen) atoms. The average molecular weight is 596 g/mol. The van der Waals surface area contributed by atoms with Crippen LogP contribution in [0.5, 0.6) is 0 Å². The summed E-state index contributed by atoms with van der Waals surface area (Å²) in [5.74, 6) is -1.94. The number of nitrogens with one attached hydrogen (secondary N) is 1. The summed E-state index contributed by atoms with van der Waals surface area (Å²) in [6, 6.07) is 27.7. The zero-order chi connectivity index (χ0) is 30.2. The Hall–Kier alpha value is -5.07. The summed E-state index contributed by atoms with van der Waals surface area (Å²) >= 11 is 6.59. The van der Waals surface area contributed by atoms with Gasteiger partial charge in [0.25, 0.3) is 0 Å². The average Bonchev–Trinajstić information content (AvgIpc) is 3.52. The van der Waals surface area contributed by atoms with Crippen molar-refractivity contribution >= 4 is 57.4 Å². The van der Waals surface area contributed by atoms with Gasteiger partial charge in [-0.25, -0.2) is 0 Å². The standard InChI is InChI=1S/C37H26ClN3O3/c1-21-9-11-25(12-10-21)34(42)30-33(35(43)24-6-3-2-4-7-24)41-29(37(30)27-20-26(38)16-17-28(27)40-36(37)44)18-15-23-14-13-22-8-5-19-39-31(22)32(23)41/h2-20,29-30,33H,1H3,(H,40,44)/t29?,30-,33-,37+/m1/s1. The molecule has 6 nitrogen and oxygen atoms in total. The molecule has 1 aromatic heterocycles. The summed E-state index contributed by atoms with van der Waals surface area (Å²) in [5, 5.41) is 4.40. The molecule has 1 N–H and O–H groups in total. The van der Waals surface area contributed by atoms with Crippen LogP contribution in [-0.2, 0) is 10.2 Å². The van der Waals surface area contributed by atoms with E-state index in [9.17, 15) is 14.4 Å². The molecule has 3 aliphatic rings. The first-order chi connectivity index (χ1) is 21.4. The number of nitrogens with zero attached hydrogens (tertiary/aromatic N) is 2. The van der Waals surface area contributed by atoms with E-state index in [0.717, 1.165) is 22.2 Å². The van der Waals surface area contributed by atoms with Crippen molar-refractivity contribution in [3.8, 4) is 0 Å². The lowest BCUT2D eigenvalue weighted by Gasteiger charge is -2.38. The van der Waals surface area contributed by atoms with E-state index in [1.807, 2.05) is 78.6 Å². The minimum absolute atomic E-state index is 0.240. The Morgan fingerprint density at radius 3 is 2.45 bits per heavy atom. The van der Waals surface area contributed by atoms with Gasteiger partial charge >= 0.3 is 0 Å². The maximum atomic E-state index is 15.0. The number of pyridine rings is 1. The van der Waals surface area contributed by atoms with Gasteiger partial charge in [0.05, 0.1) is 23.2 Å². The van der Waals surface area contributed by atoms with E-state index in [1.54, 1.807) is 48.7 Å². The van der Waals surface area contributed by atoms with Gasteiger partial charge in [-0.2, -0.15) is 0 Å². The third kappa shape index (κ3) is 3.61. The maximum Gasteiger partial charge on any atom is 0.238 e. The van der Waals surface area contributed by atoms with Gasteiger partial charge in [-0.3, -0.25) is 19.4 Å². The van der Waals surface area contributed by atoms with Crippen LogP contribution in [0.4, 0.5) is 11.4 Å². The van der Waals surface area contributed by atoms with Gasteiger partial charge in [-0.1, -0.05) is 102 Å². The van der Waals surface area contributed by atoms with Crippen molar-refractivity contribution in [2.45, 2.75) is 24.4 Å². The molecular weight excluding hydrogens is 570 g/mol. The molecule has 4 heterocycles. The van der Waals surface area contributed by atoms with Gasteiger partial charge in [0, 0.05) is 33.4 Å². The van der Waals surface area contributed by atoms with E-state index in [1.165, 1.54) is 0 Å². The number of aryl methyl sites for hydroxylation is 1. The first kappa shape index (κ1) is 26.5. The molecule has 3 aliphatic heterocycles. The molecule has 1 unspecified atom stereocenters. The van der Waals surface area contributed by atoms with E-state index >= 15 is 0 Å². The molecule has 0 bridgehead atoms. The van der Waals surface area contributed by atoms with E-state index in [4.69, 9.17) is 16.6 Å². The zero-order valence-corrected chi connectivity index (χ0v) is 24.5. The fourth-order valence-corrected chi connectivity index (χ4v) is 7.64. The highest BCUT2D eigenvalue weighted by molar-refractivity contribution is 6.31. The van der Waals surface area contributed by atoms with Crippen molar-refractivity contribution in [2.24, 2.45) is 5.92 Å². The van der Waals surface area contributed by atoms with Crippen molar-refractivity contribution in [2.75, 3.05) is 10.2 Å². The number of carbonyl (C=O) groups is 3. The first-order valence-corrected chi connectivity index (χ1v) is 14.9. The van der Waals surface area contributed by atoms with Gasteiger partial charge in [0.1, 0.15) is 11.5 Å². The maximum absolute atomic E-state index is 15.0. The van der Waals surface area contributed by atoms with Crippen molar-refractivity contribution in [3.05, 3.63) is 142 Å². The van der Waals surface area contributed by atoms with Crippen LogP contribution in [0.25, 0.3) is 17.0 Å². The molecule has 0 aliphatic carbocycles. The molecule has 1 fully saturated rings. The fourth-order valence-electron chi connectivity index (χ4n) is 7.47.